The fourth-order valence-corrected chi connectivity index (χ4v) is 1.85. The van der Waals surface area contributed by atoms with Crippen molar-refractivity contribution in [3.05, 3.63) is 12.2 Å². The minimum atomic E-state index is -0.881. The molecule has 1 atom stereocenters. The van der Waals surface area contributed by atoms with Crippen molar-refractivity contribution < 1.29 is 14.6 Å². The molecule has 1 fully saturated rings. The van der Waals surface area contributed by atoms with Gasteiger partial charge in [-0.1, -0.05) is 6.08 Å². The van der Waals surface area contributed by atoms with Crippen LogP contribution in [-0.2, 0) is 9.53 Å². The fourth-order valence-electron chi connectivity index (χ4n) is 1.85. The Hall–Kier alpha value is -0.870. The zero-order valence-corrected chi connectivity index (χ0v) is 9.19. The number of piperidine rings is 1. The van der Waals surface area contributed by atoms with E-state index in [4.69, 9.17) is 9.84 Å². The summed E-state index contributed by atoms with van der Waals surface area (Å²) in [5.74, 6) is -0.881. The molecule has 86 valence electrons. The second-order valence-corrected chi connectivity index (χ2v) is 3.72. The first kappa shape index (κ1) is 12.2. The smallest absolute Gasteiger partial charge is 0.328 e. The van der Waals surface area contributed by atoms with E-state index in [2.05, 4.69) is 4.90 Å². The third-order valence-corrected chi connectivity index (χ3v) is 2.49. The molecule has 0 aliphatic carbocycles. The molecule has 1 aliphatic heterocycles. The Morgan fingerprint density at radius 1 is 1.67 bits per heavy atom. The molecular formula is C11H19NO3. The third-order valence-electron chi connectivity index (χ3n) is 2.49. The highest BCUT2D eigenvalue weighted by atomic mass is 16.5. The summed E-state index contributed by atoms with van der Waals surface area (Å²) in [5, 5.41) is 8.45. The van der Waals surface area contributed by atoms with Gasteiger partial charge in [0.2, 0.25) is 0 Å². The number of rotatable bonds is 5. The Kier molecular flexibility index (Phi) is 5.36. The van der Waals surface area contributed by atoms with E-state index in [0.717, 1.165) is 32.5 Å². The van der Waals surface area contributed by atoms with Gasteiger partial charge in [-0.15, -0.1) is 0 Å². The maximum atomic E-state index is 10.3. The second kappa shape index (κ2) is 6.58. The van der Waals surface area contributed by atoms with Gasteiger partial charge in [-0.2, -0.15) is 0 Å². The minimum Gasteiger partial charge on any atom is -0.478 e. The fraction of sp³-hybridized carbons (Fsp3) is 0.727. The van der Waals surface area contributed by atoms with Gasteiger partial charge in [-0.3, -0.25) is 4.90 Å². The minimum absolute atomic E-state index is 0.321. The summed E-state index contributed by atoms with van der Waals surface area (Å²) in [6.07, 6.45) is 5.46. The molecule has 4 heteroatoms. The average molecular weight is 213 g/mol. The number of hydrogen-bond acceptors (Lipinski definition) is 3. The standard InChI is InChI=1S/C11H19NO3/c1-2-15-10-5-3-7-12(9-10)8-4-6-11(13)14/h4,6,10H,2-3,5,7-9H2,1H3,(H,13,14). The summed E-state index contributed by atoms with van der Waals surface area (Å²) in [6, 6.07) is 0. The van der Waals surface area contributed by atoms with Crippen LogP contribution in [0.4, 0.5) is 0 Å². The zero-order chi connectivity index (χ0) is 11.1. The first-order valence-corrected chi connectivity index (χ1v) is 5.45. The molecule has 15 heavy (non-hydrogen) atoms. The predicted octanol–water partition coefficient (Wildman–Crippen LogP) is 1.13. The molecule has 4 nitrogen and oxygen atoms in total. The van der Waals surface area contributed by atoms with Crippen LogP contribution in [0, 0.1) is 0 Å². The van der Waals surface area contributed by atoms with Crippen LogP contribution in [0.3, 0.4) is 0 Å². The van der Waals surface area contributed by atoms with Crippen LogP contribution < -0.4 is 0 Å². The van der Waals surface area contributed by atoms with E-state index in [1.807, 2.05) is 6.92 Å². The Labute approximate surface area is 90.5 Å². The number of ether oxygens (including phenoxy) is 1. The van der Waals surface area contributed by atoms with Gasteiger partial charge in [-0.25, -0.2) is 4.79 Å². The predicted molar refractivity (Wildman–Crippen MR) is 57.9 cm³/mol. The lowest BCUT2D eigenvalue weighted by molar-refractivity contribution is -0.131. The summed E-state index contributed by atoms with van der Waals surface area (Å²) < 4.78 is 5.56. The number of carboxylic acid groups (broad SMARTS) is 1. The lowest BCUT2D eigenvalue weighted by Crippen LogP contribution is -2.39. The molecule has 0 bridgehead atoms. The van der Waals surface area contributed by atoms with Crippen molar-refractivity contribution in [1.82, 2.24) is 4.90 Å². The van der Waals surface area contributed by atoms with Crippen LogP contribution in [0.1, 0.15) is 19.8 Å². The quantitative estimate of drug-likeness (QED) is 0.695. The van der Waals surface area contributed by atoms with Gasteiger partial charge in [0.25, 0.3) is 0 Å². The molecule has 0 spiro atoms. The monoisotopic (exact) mass is 213 g/mol. The molecule has 0 aromatic carbocycles. The first-order chi connectivity index (χ1) is 7.22. The van der Waals surface area contributed by atoms with E-state index < -0.39 is 5.97 Å². The molecular weight excluding hydrogens is 194 g/mol. The summed E-state index contributed by atoms with van der Waals surface area (Å²) >= 11 is 0. The first-order valence-electron chi connectivity index (χ1n) is 5.45. The Morgan fingerprint density at radius 2 is 2.47 bits per heavy atom. The van der Waals surface area contributed by atoms with Gasteiger partial charge >= 0.3 is 5.97 Å². The third kappa shape index (κ3) is 4.95. The summed E-state index contributed by atoms with van der Waals surface area (Å²) in [6.45, 7) is 5.41. The van der Waals surface area contributed by atoms with E-state index >= 15 is 0 Å². The number of likely N-dealkylation sites (tertiary alicyclic amines) is 1. The largest absolute Gasteiger partial charge is 0.478 e. The molecule has 0 radical (unpaired) electrons. The number of aliphatic carboxylic acids is 1. The maximum Gasteiger partial charge on any atom is 0.328 e. The van der Waals surface area contributed by atoms with E-state index in [-0.39, 0.29) is 0 Å². The Bertz CT molecular complexity index is 226. The molecule has 0 aromatic heterocycles. The molecule has 1 N–H and O–H groups in total. The summed E-state index contributed by atoms with van der Waals surface area (Å²) in [7, 11) is 0. The Morgan fingerprint density at radius 3 is 3.13 bits per heavy atom. The molecule has 0 amide bonds. The molecule has 1 aliphatic rings. The van der Waals surface area contributed by atoms with E-state index in [9.17, 15) is 4.79 Å². The molecule has 0 saturated carbocycles. The number of nitrogens with zero attached hydrogens (tertiary/aromatic N) is 1. The van der Waals surface area contributed by atoms with Gasteiger partial charge in [0.1, 0.15) is 0 Å². The lowest BCUT2D eigenvalue weighted by Gasteiger charge is -2.31. The van der Waals surface area contributed by atoms with Crippen molar-refractivity contribution in [1.29, 1.82) is 0 Å². The van der Waals surface area contributed by atoms with Crippen molar-refractivity contribution in [3.8, 4) is 0 Å². The Balaban J connectivity index is 2.26. The van der Waals surface area contributed by atoms with Gasteiger partial charge in [-0.05, 0) is 26.3 Å². The molecule has 1 saturated heterocycles. The van der Waals surface area contributed by atoms with Crippen molar-refractivity contribution in [2.24, 2.45) is 0 Å². The van der Waals surface area contributed by atoms with Crippen LogP contribution in [0.2, 0.25) is 0 Å². The molecule has 1 rings (SSSR count). The van der Waals surface area contributed by atoms with Crippen molar-refractivity contribution in [2.75, 3.05) is 26.2 Å². The SMILES string of the molecule is CCOC1CCCN(CC=CC(=O)O)C1. The van der Waals surface area contributed by atoms with Crippen molar-refractivity contribution in [2.45, 2.75) is 25.9 Å². The molecule has 1 unspecified atom stereocenters. The van der Waals surface area contributed by atoms with Crippen LogP contribution >= 0.6 is 0 Å². The van der Waals surface area contributed by atoms with Gasteiger partial charge in [0.15, 0.2) is 0 Å². The zero-order valence-electron chi connectivity index (χ0n) is 9.19. The topological polar surface area (TPSA) is 49.8 Å². The number of carboxylic acids is 1. The molecule has 0 aromatic rings. The van der Waals surface area contributed by atoms with E-state index in [0.29, 0.717) is 12.6 Å². The number of hydrogen-bond donors (Lipinski definition) is 1. The van der Waals surface area contributed by atoms with Crippen molar-refractivity contribution >= 4 is 5.97 Å². The van der Waals surface area contributed by atoms with Crippen LogP contribution in [-0.4, -0.2) is 48.3 Å². The van der Waals surface area contributed by atoms with E-state index in [1.54, 1.807) is 6.08 Å². The maximum absolute atomic E-state index is 10.3. The van der Waals surface area contributed by atoms with Gasteiger partial charge < -0.3 is 9.84 Å². The average Bonchev–Trinajstić information content (AvgIpc) is 2.18. The van der Waals surface area contributed by atoms with Gasteiger partial charge in [0.05, 0.1) is 6.10 Å². The van der Waals surface area contributed by atoms with Gasteiger partial charge in [0, 0.05) is 25.8 Å². The van der Waals surface area contributed by atoms with Crippen LogP contribution in [0.25, 0.3) is 0 Å². The highest BCUT2D eigenvalue weighted by Crippen LogP contribution is 2.12. The lowest BCUT2D eigenvalue weighted by atomic mass is 10.1. The highest BCUT2D eigenvalue weighted by molar-refractivity contribution is 5.79. The molecule has 1 heterocycles. The van der Waals surface area contributed by atoms with Crippen molar-refractivity contribution in [3.63, 3.8) is 0 Å². The van der Waals surface area contributed by atoms with E-state index in [1.165, 1.54) is 6.08 Å². The summed E-state index contributed by atoms with van der Waals surface area (Å²) in [4.78, 5) is 12.5. The van der Waals surface area contributed by atoms with Crippen LogP contribution in [0.5, 0.6) is 0 Å². The second-order valence-electron chi connectivity index (χ2n) is 3.72. The van der Waals surface area contributed by atoms with Crippen LogP contribution in [0.15, 0.2) is 12.2 Å². The highest BCUT2D eigenvalue weighted by Gasteiger charge is 2.18. The normalized spacial score (nSPS) is 23.4. The number of carbonyl (C=O) groups is 1. The summed E-state index contributed by atoms with van der Waals surface area (Å²) in [5.41, 5.74) is 0.